The molecule has 2 aromatic carbocycles. The Balaban J connectivity index is 1.55. The molecule has 3 N–H and O–H groups in total. The Morgan fingerprint density at radius 2 is 2.10 bits per heavy atom. The summed E-state index contributed by atoms with van der Waals surface area (Å²) in [7, 11) is 1.36. The minimum Gasteiger partial charge on any atom is -0.394 e. The number of methoxy groups -OCH3 is 1. The van der Waals surface area contributed by atoms with Crippen LogP contribution in [0.4, 0.5) is 10.1 Å². The Kier molecular flexibility index (Phi) is 8.79. The second kappa shape index (κ2) is 12.3. The third-order valence-corrected chi connectivity index (χ3v) is 8.08. The van der Waals surface area contributed by atoms with Gasteiger partial charge in [0.1, 0.15) is 35.9 Å². The standard InChI is InChI=1S/C28H29BrFN5O6/c1-40-26-24(34-13-20(32-33-34)16-4-2-5-18(30)10-16)25(38)23(14-36)41-27(26)28(39)35(21-6-3-7-22(21)37)19-9-15(12-31)8-17(29)11-19/h2,4-5,8-11,13,21-27,36-38H,3,6-7,14H2,1H3/t21-,22-,23?,24?,25?,26?,27?/m1/s1. The van der Waals surface area contributed by atoms with Crippen LogP contribution < -0.4 is 4.90 Å². The van der Waals surface area contributed by atoms with Crippen LogP contribution in [0.1, 0.15) is 30.9 Å². The van der Waals surface area contributed by atoms with Gasteiger partial charge < -0.3 is 29.7 Å². The maximum absolute atomic E-state index is 14.4. The average Bonchev–Trinajstić information content (AvgIpc) is 3.62. The van der Waals surface area contributed by atoms with E-state index in [1.54, 1.807) is 24.3 Å². The number of carbonyl (C=O) groups is 1. The first-order valence-corrected chi connectivity index (χ1v) is 13.9. The quantitative estimate of drug-likeness (QED) is 0.357. The van der Waals surface area contributed by atoms with Crippen LogP contribution in [0, 0.1) is 17.1 Å². The lowest BCUT2D eigenvalue weighted by molar-refractivity contribution is -0.211. The van der Waals surface area contributed by atoms with Crippen LogP contribution in [0.3, 0.4) is 0 Å². The van der Waals surface area contributed by atoms with Crippen molar-refractivity contribution in [2.45, 2.75) is 61.9 Å². The van der Waals surface area contributed by atoms with Crippen LogP contribution in [0.5, 0.6) is 0 Å². The molecule has 11 nitrogen and oxygen atoms in total. The summed E-state index contributed by atoms with van der Waals surface area (Å²) in [6.45, 7) is -0.606. The molecule has 216 valence electrons. The summed E-state index contributed by atoms with van der Waals surface area (Å²) in [5, 5.41) is 49.9. The van der Waals surface area contributed by atoms with Gasteiger partial charge in [-0.25, -0.2) is 9.07 Å². The summed E-state index contributed by atoms with van der Waals surface area (Å²) >= 11 is 3.40. The second-order valence-corrected chi connectivity index (χ2v) is 11.1. The maximum atomic E-state index is 14.4. The third-order valence-electron chi connectivity index (χ3n) is 7.62. The van der Waals surface area contributed by atoms with Crippen LogP contribution in [0.15, 0.2) is 53.1 Å². The van der Waals surface area contributed by atoms with Crippen LogP contribution in [0.2, 0.25) is 0 Å². The van der Waals surface area contributed by atoms with E-state index in [1.807, 2.05) is 0 Å². The molecule has 2 aliphatic rings. The Labute approximate surface area is 243 Å². The average molecular weight is 630 g/mol. The number of hydrogen-bond donors (Lipinski definition) is 3. The zero-order valence-electron chi connectivity index (χ0n) is 22.0. The van der Waals surface area contributed by atoms with E-state index in [0.29, 0.717) is 46.2 Å². The van der Waals surface area contributed by atoms with E-state index >= 15 is 0 Å². The van der Waals surface area contributed by atoms with Gasteiger partial charge >= 0.3 is 0 Å². The summed E-state index contributed by atoms with van der Waals surface area (Å²) in [6.07, 6.45) is -2.59. The van der Waals surface area contributed by atoms with Crippen molar-refractivity contribution in [3.05, 3.63) is 64.5 Å². The number of ether oxygens (including phenoxy) is 2. The summed E-state index contributed by atoms with van der Waals surface area (Å²) in [5.74, 6) is -1.03. The van der Waals surface area contributed by atoms with Crippen molar-refractivity contribution in [1.82, 2.24) is 15.0 Å². The van der Waals surface area contributed by atoms with Gasteiger partial charge in [0.05, 0.1) is 36.6 Å². The molecule has 1 aliphatic carbocycles. The van der Waals surface area contributed by atoms with Crippen molar-refractivity contribution in [3.8, 4) is 17.3 Å². The number of aromatic nitrogens is 3. The van der Waals surface area contributed by atoms with Crippen LogP contribution in [-0.4, -0.2) is 86.5 Å². The van der Waals surface area contributed by atoms with E-state index in [-0.39, 0.29) is 0 Å². The fourth-order valence-electron chi connectivity index (χ4n) is 5.68. The number of anilines is 1. The molecule has 1 amide bonds. The first kappa shape index (κ1) is 29.2. The number of benzene rings is 2. The van der Waals surface area contributed by atoms with E-state index in [4.69, 9.17) is 9.47 Å². The van der Waals surface area contributed by atoms with E-state index in [0.717, 1.165) is 0 Å². The Hall–Kier alpha value is -3.25. The molecular formula is C28H29BrFN5O6. The summed E-state index contributed by atoms with van der Waals surface area (Å²) in [5.41, 5.74) is 1.47. The molecule has 0 radical (unpaired) electrons. The predicted molar refractivity (Wildman–Crippen MR) is 147 cm³/mol. The second-order valence-electron chi connectivity index (χ2n) is 10.1. The molecule has 1 aromatic heterocycles. The molecule has 3 aromatic rings. The molecule has 1 saturated heterocycles. The lowest BCUT2D eigenvalue weighted by Gasteiger charge is -2.45. The lowest BCUT2D eigenvalue weighted by atomic mass is 9.91. The number of rotatable bonds is 7. The highest BCUT2D eigenvalue weighted by atomic mass is 79.9. The normalized spacial score (nSPS) is 27.9. The van der Waals surface area contributed by atoms with Gasteiger partial charge in [0.15, 0.2) is 6.10 Å². The zero-order chi connectivity index (χ0) is 29.3. The summed E-state index contributed by atoms with van der Waals surface area (Å²) < 4.78 is 27.4. The smallest absolute Gasteiger partial charge is 0.259 e. The number of aliphatic hydroxyl groups excluding tert-OH is 3. The van der Waals surface area contributed by atoms with Gasteiger partial charge in [-0.15, -0.1) is 5.10 Å². The highest BCUT2D eigenvalue weighted by Crippen LogP contribution is 2.37. The largest absolute Gasteiger partial charge is 0.394 e. The van der Waals surface area contributed by atoms with Crippen molar-refractivity contribution >= 4 is 27.5 Å². The van der Waals surface area contributed by atoms with Crippen molar-refractivity contribution in [2.24, 2.45) is 0 Å². The van der Waals surface area contributed by atoms with E-state index in [9.17, 15) is 29.8 Å². The zero-order valence-corrected chi connectivity index (χ0v) is 23.6. The molecule has 5 rings (SSSR count). The molecule has 1 aliphatic heterocycles. The molecule has 2 fully saturated rings. The minimum absolute atomic E-state index is 0.307. The molecule has 1 saturated carbocycles. The molecule has 2 heterocycles. The monoisotopic (exact) mass is 629 g/mol. The van der Waals surface area contributed by atoms with Crippen molar-refractivity contribution in [1.29, 1.82) is 5.26 Å². The van der Waals surface area contributed by atoms with Gasteiger partial charge in [-0.2, -0.15) is 5.26 Å². The maximum Gasteiger partial charge on any atom is 0.259 e. The fraction of sp³-hybridized carbons (Fsp3) is 0.429. The van der Waals surface area contributed by atoms with Gasteiger partial charge in [0.2, 0.25) is 0 Å². The number of nitriles is 1. The number of nitrogens with zero attached hydrogens (tertiary/aromatic N) is 5. The summed E-state index contributed by atoms with van der Waals surface area (Å²) in [6, 6.07) is 11.1. The predicted octanol–water partition coefficient (Wildman–Crippen LogP) is 2.34. The Morgan fingerprint density at radius 1 is 1.29 bits per heavy atom. The van der Waals surface area contributed by atoms with Crippen molar-refractivity contribution in [3.63, 3.8) is 0 Å². The fourth-order valence-corrected chi connectivity index (χ4v) is 6.16. The highest BCUT2D eigenvalue weighted by molar-refractivity contribution is 9.10. The van der Waals surface area contributed by atoms with E-state index in [1.165, 1.54) is 41.1 Å². The molecule has 0 bridgehead atoms. The number of halogens is 2. The van der Waals surface area contributed by atoms with Gasteiger partial charge in [-0.1, -0.05) is 33.3 Å². The first-order chi connectivity index (χ1) is 19.7. The molecule has 41 heavy (non-hydrogen) atoms. The Morgan fingerprint density at radius 3 is 2.76 bits per heavy atom. The SMILES string of the molecule is COC1C(C(=O)N(c2cc(Br)cc(C#N)c2)[C@@H]2CCC[C@H]2O)OC(CO)C(O)C1n1cc(-c2cccc(F)c2)nn1. The Bertz CT molecular complexity index is 1450. The molecule has 5 unspecified atom stereocenters. The number of carbonyl (C=O) groups excluding carboxylic acids is 1. The van der Waals surface area contributed by atoms with Gasteiger partial charge in [0.25, 0.3) is 5.91 Å². The molecular weight excluding hydrogens is 601 g/mol. The van der Waals surface area contributed by atoms with E-state index in [2.05, 4.69) is 32.3 Å². The van der Waals surface area contributed by atoms with Gasteiger partial charge in [-0.05, 0) is 49.6 Å². The number of hydrogen-bond acceptors (Lipinski definition) is 9. The highest BCUT2D eigenvalue weighted by Gasteiger charge is 2.52. The topological polar surface area (TPSA) is 154 Å². The van der Waals surface area contributed by atoms with Crippen molar-refractivity contribution < 1.29 is 34.0 Å². The van der Waals surface area contributed by atoms with Gasteiger partial charge in [0, 0.05) is 22.8 Å². The summed E-state index contributed by atoms with van der Waals surface area (Å²) in [4.78, 5) is 15.8. The van der Waals surface area contributed by atoms with Crippen LogP contribution in [-0.2, 0) is 14.3 Å². The van der Waals surface area contributed by atoms with Crippen molar-refractivity contribution in [2.75, 3.05) is 18.6 Å². The molecule has 0 spiro atoms. The minimum atomic E-state index is -1.35. The first-order valence-electron chi connectivity index (χ1n) is 13.1. The van der Waals surface area contributed by atoms with Crippen LogP contribution in [0.25, 0.3) is 11.3 Å². The molecule has 13 heteroatoms. The lowest BCUT2D eigenvalue weighted by Crippen LogP contribution is -2.62. The van der Waals surface area contributed by atoms with Gasteiger partial charge in [-0.3, -0.25) is 4.79 Å². The number of aliphatic hydroxyl groups is 3. The van der Waals surface area contributed by atoms with E-state index < -0.39 is 60.9 Å². The number of amides is 1. The molecule has 7 atom stereocenters. The van der Waals surface area contributed by atoms with Crippen LogP contribution >= 0.6 is 15.9 Å². The third kappa shape index (κ3) is 5.76.